The van der Waals surface area contributed by atoms with Crippen molar-refractivity contribution >= 4 is 5.82 Å². The van der Waals surface area contributed by atoms with Crippen LogP contribution in [0.15, 0.2) is 30.6 Å². The highest BCUT2D eigenvalue weighted by Gasteiger charge is 2.42. The molecule has 2 aliphatic heterocycles. The summed E-state index contributed by atoms with van der Waals surface area (Å²) >= 11 is 0. The fourth-order valence-corrected chi connectivity index (χ4v) is 4.03. The van der Waals surface area contributed by atoms with Crippen LogP contribution in [-0.4, -0.2) is 44.8 Å². The first-order chi connectivity index (χ1) is 10.7. The molecule has 0 bridgehead atoms. The van der Waals surface area contributed by atoms with Gasteiger partial charge in [-0.05, 0) is 31.9 Å². The summed E-state index contributed by atoms with van der Waals surface area (Å²) in [5.74, 6) is 1.15. The molecule has 5 nitrogen and oxygen atoms in total. The standard InChI is InChI=1S/C17H23N5/c1-13-4-3-5-17(19-13)22-9-7-15-16(22)6-8-21(15)12-14-10-18-20(2)11-14/h3-5,10-11,15-16H,6-9,12H2,1-2H3/t15-,16+/m1/s1. The van der Waals surface area contributed by atoms with Gasteiger partial charge in [0.25, 0.3) is 0 Å². The number of fused-ring (bicyclic) bond motifs is 1. The Morgan fingerprint density at radius 1 is 1.18 bits per heavy atom. The summed E-state index contributed by atoms with van der Waals surface area (Å²) in [5.41, 5.74) is 2.42. The zero-order valence-corrected chi connectivity index (χ0v) is 13.3. The Labute approximate surface area is 131 Å². The summed E-state index contributed by atoms with van der Waals surface area (Å²) in [6.45, 7) is 5.38. The van der Waals surface area contributed by atoms with Crippen molar-refractivity contribution in [2.24, 2.45) is 7.05 Å². The topological polar surface area (TPSA) is 37.2 Å². The highest BCUT2D eigenvalue weighted by molar-refractivity contribution is 5.43. The van der Waals surface area contributed by atoms with Crippen molar-refractivity contribution in [3.63, 3.8) is 0 Å². The minimum Gasteiger partial charge on any atom is -0.352 e. The smallest absolute Gasteiger partial charge is 0.129 e. The fourth-order valence-electron chi connectivity index (χ4n) is 4.03. The maximum Gasteiger partial charge on any atom is 0.129 e. The average Bonchev–Trinajstić information content (AvgIpc) is 3.17. The van der Waals surface area contributed by atoms with Crippen LogP contribution in [0, 0.1) is 6.92 Å². The van der Waals surface area contributed by atoms with Crippen molar-refractivity contribution in [3.05, 3.63) is 41.9 Å². The quantitative estimate of drug-likeness (QED) is 0.868. The molecule has 116 valence electrons. The molecule has 4 heterocycles. The molecular weight excluding hydrogens is 274 g/mol. The Morgan fingerprint density at radius 3 is 2.82 bits per heavy atom. The third-order valence-corrected chi connectivity index (χ3v) is 5.00. The van der Waals surface area contributed by atoms with Crippen LogP contribution in [0.4, 0.5) is 5.82 Å². The molecule has 2 aromatic heterocycles. The van der Waals surface area contributed by atoms with Gasteiger partial charge in [-0.1, -0.05) is 6.07 Å². The highest BCUT2D eigenvalue weighted by Crippen LogP contribution is 2.35. The second-order valence-electron chi connectivity index (χ2n) is 6.54. The molecule has 2 aliphatic rings. The molecule has 5 heteroatoms. The third kappa shape index (κ3) is 2.39. The van der Waals surface area contributed by atoms with E-state index < -0.39 is 0 Å². The van der Waals surface area contributed by atoms with Crippen molar-refractivity contribution in [3.8, 4) is 0 Å². The van der Waals surface area contributed by atoms with Crippen molar-refractivity contribution in [1.29, 1.82) is 0 Å². The number of rotatable bonds is 3. The van der Waals surface area contributed by atoms with Crippen LogP contribution in [0.2, 0.25) is 0 Å². The van der Waals surface area contributed by atoms with Crippen molar-refractivity contribution in [2.75, 3.05) is 18.0 Å². The average molecular weight is 297 g/mol. The van der Waals surface area contributed by atoms with Crippen LogP contribution in [0.1, 0.15) is 24.1 Å². The largest absolute Gasteiger partial charge is 0.352 e. The van der Waals surface area contributed by atoms with E-state index in [1.807, 2.05) is 17.9 Å². The minimum atomic E-state index is 0.617. The summed E-state index contributed by atoms with van der Waals surface area (Å²) in [7, 11) is 1.98. The number of hydrogen-bond acceptors (Lipinski definition) is 4. The maximum atomic E-state index is 4.72. The van der Waals surface area contributed by atoms with Gasteiger partial charge in [0, 0.05) is 56.2 Å². The Morgan fingerprint density at radius 2 is 2.05 bits per heavy atom. The van der Waals surface area contributed by atoms with E-state index in [0.717, 1.165) is 24.6 Å². The molecule has 22 heavy (non-hydrogen) atoms. The van der Waals surface area contributed by atoms with Gasteiger partial charge in [-0.15, -0.1) is 0 Å². The van der Waals surface area contributed by atoms with Crippen LogP contribution < -0.4 is 4.90 Å². The van der Waals surface area contributed by atoms with Gasteiger partial charge >= 0.3 is 0 Å². The van der Waals surface area contributed by atoms with Crippen molar-refractivity contribution in [1.82, 2.24) is 19.7 Å². The zero-order chi connectivity index (χ0) is 15.1. The van der Waals surface area contributed by atoms with E-state index in [9.17, 15) is 0 Å². The molecule has 0 saturated carbocycles. The predicted octanol–water partition coefficient (Wildman–Crippen LogP) is 1.98. The van der Waals surface area contributed by atoms with Crippen LogP contribution >= 0.6 is 0 Å². The van der Waals surface area contributed by atoms with Gasteiger partial charge in [0.05, 0.1) is 6.20 Å². The number of likely N-dealkylation sites (tertiary alicyclic amines) is 1. The lowest BCUT2D eigenvalue weighted by Crippen LogP contribution is -2.36. The number of aromatic nitrogens is 3. The summed E-state index contributed by atoms with van der Waals surface area (Å²) in [6.07, 6.45) is 6.59. The zero-order valence-electron chi connectivity index (χ0n) is 13.3. The van der Waals surface area contributed by atoms with E-state index in [2.05, 4.69) is 46.2 Å². The first kappa shape index (κ1) is 13.8. The van der Waals surface area contributed by atoms with Crippen LogP contribution in [0.5, 0.6) is 0 Å². The van der Waals surface area contributed by atoms with Gasteiger partial charge in [0.1, 0.15) is 5.82 Å². The molecule has 4 rings (SSSR count). The molecule has 0 N–H and O–H groups in total. The molecule has 0 spiro atoms. The van der Waals surface area contributed by atoms with Crippen LogP contribution in [0.3, 0.4) is 0 Å². The van der Waals surface area contributed by atoms with E-state index in [4.69, 9.17) is 4.98 Å². The Bertz CT molecular complexity index is 665. The molecule has 2 aromatic rings. The number of hydrogen-bond donors (Lipinski definition) is 0. The highest BCUT2D eigenvalue weighted by atomic mass is 15.3. The van der Waals surface area contributed by atoms with E-state index in [1.165, 1.54) is 24.9 Å². The Balaban J connectivity index is 1.49. The molecule has 0 unspecified atom stereocenters. The molecule has 0 amide bonds. The van der Waals surface area contributed by atoms with Gasteiger partial charge in [0.15, 0.2) is 0 Å². The number of pyridine rings is 1. The first-order valence-corrected chi connectivity index (χ1v) is 8.12. The van der Waals surface area contributed by atoms with Crippen LogP contribution in [-0.2, 0) is 13.6 Å². The van der Waals surface area contributed by atoms with E-state index in [0.29, 0.717) is 12.1 Å². The Hall–Kier alpha value is -1.88. The van der Waals surface area contributed by atoms with Gasteiger partial charge in [0.2, 0.25) is 0 Å². The second kappa shape index (κ2) is 5.39. The summed E-state index contributed by atoms with van der Waals surface area (Å²) in [5, 5.41) is 4.29. The van der Waals surface area contributed by atoms with Crippen LogP contribution in [0.25, 0.3) is 0 Å². The number of anilines is 1. The van der Waals surface area contributed by atoms with E-state index >= 15 is 0 Å². The summed E-state index contributed by atoms with van der Waals surface area (Å²) in [6, 6.07) is 7.61. The normalized spacial score (nSPS) is 24.9. The summed E-state index contributed by atoms with van der Waals surface area (Å²) < 4.78 is 1.89. The SMILES string of the molecule is Cc1cccc(N2CC[C@@H]3[C@@H]2CCN3Cc2cnn(C)c2)n1. The number of aryl methyl sites for hydroxylation is 2. The van der Waals surface area contributed by atoms with Gasteiger partial charge in [-0.3, -0.25) is 9.58 Å². The second-order valence-corrected chi connectivity index (χ2v) is 6.54. The molecule has 0 radical (unpaired) electrons. The molecule has 0 aromatic carbocycles. The van der Waals surface area contributed by atoms with Crippen molar-refractivity contribution < 1.29 is 0 Å². The fraction of sp³-hybridized carbons (Fsp3) is 0.529. The predicted molar refractivity (Wildman–Crippen MR) is 86.7 cm³/mol. The molecular formula is C17H23N5. The third-order valence-electron chi connectivity index (χ3n) is 5.00. The lowest BCUT2D eigenvalue weighted by Gasteiger charge is -2.26. The van der Waals surface area contributed by atoms with Gasteiger partial charge in [-0.25, -0.2) is 4.98 Å². The van der Waals surface area contributed by atoms with E-state index in [1.54, 1.807) is 0 Å². The first-order valence-electron chi connectivity index (χ1n) is 8.12. The lowest BCUT2D eigenvalue weighted by atomic mass is 10.1. The molecule has 2 saturated heterocycles. The van der Waals surface area contributed by atoms with Gasteiger partial charge < -0.3 is 4.90 Å². The maximum absolute atomic E-state index is 4.72. The monoisotopic (exact) mass is 297 g/mol. The molecule has 2 fully saturated rings. The van der Waals surface area contributed by atoms with E-state index in [-0.39, 0.29) is 0 Å². The Kier molecular flexibility index (Phi) is 3.37. The summed E-state index contributed by atoms with van der Waals surface area (Å²) in [4.78, 5) is 9.86. The lowest BCUT2D eigenvalue weighted by molar-refractivity contribution is 0.246. The number of nitrogens with zero attached hydrogens (tertiary/aromatic N) is 5. The van der Waals surface area contributed by atoms with Gasteiger partial charge in [-0.2, -0.15) is 5.10 Å². The molecule has 0 aliphatic carbocycles. The minimum absolute atomic E-state index is 0.617. The van der Waals surface area contributed by atoms with Crippen molar-refractivity contribution in [2.45, 2.75) is 38.4 Å². The molecule has 2 atom stereocenters.